The number of aromatic nitrogens is 2. The van der Waals surface area contributed by atoms with Crippen LogP contribution in [0.3, 0.4) is 0 Å². The summed E-state index contributed by atoms with van der Waals surface area (Å²) in [6.07, 6.45) is 2.43. The number of aryl methyl sites for hydroxylation is 1. The fourth-order valence-corrected chi connectivity index (χ4v) is 2.92. The number of para-hydroxylation sites is 1. The predicted molar refractivity (Wildman–Crippen MR) is 85.5 cm³/mol. The summed E-state index contributed by atoms with van der Waals surface area (Å²) in [6.45, 7) is 2.62. The van der Waals surface area contributed by atoms with Crippen LogP contribution in [-0.2, 0) is 11.8 Å². The average molecular weight is 315 g/mol. The van der Waals surface area contributed by atoms with Crippen molar-refractivity contribution in [3.05, 3.63) is 47.3 Å². The van der Waals surface area contributed by atoms with Crippen molar-refractivity contribution in [2.24, 2.45) is 7.05 Å². The van der Waals surface area contributed by atoms with Crippen LogP contribution in [0.25, 0.3) is 0 Å². The topological polar surface area (TPSA) is 65.4 Å². The van der Waals surface area contributed by atoms with Crippen molar-refractivity contribution in [2.75, 3.05) is 13.7 Å². The Bertz CT molecular complexity index is 711. The Morgan fingerprint density at radius 2 is 2.22 bits per heavy atom. The minimum atomic E-state index is -0.164. The fraction of sp³-hybridized carbons (Fsp3) is 0.412. The van der Waals surface area contributed by atoms with Crippen LogP contribution in [0.5, 0.6) is 5.75 Å². The van der Waals surface area contributed by atoms with Crippen molar-refractivity contribution in [1.29, 1.82) is 0 Å². The van der Waals surface area contributed by atoms with E-state index in [-0.39, 0.29) is 18.1 Å². The lowest BCUT2D eigenvalue weighted by molar-refractivity contribution is 0.0817. The number of amides is 1. The van der Waals surface area contributed by atoms with Crippen LogP contribution >= 0.6 is 0 Å². The molecule has 3 rings (SSSR count). The number of carbonyl (C=O) groups excluding carboxylic acids is 1. The van der Waals surface area contributed by atoms with Crippen molar-refractivity contribution in [2.45, 2.75) is 25.5 Å². The van der Waals surface area contributed by atoms with Crippen LogP contribution in [0.4, 0.5) is 0 Å². The maximum Gasteiger partial charge on any atom is 0.255 e. The molecule has 0 unspecified atom stereocenters. The molecule has 0 bridgehead atoms. The highest BCUT2D eigenvalue weighted by Gasteiger charge is 2.33. The highest BCUT2D eigenvalue weighted by atomic mass is 16.5. The summed E-state index contributed by atoms with van der Waals surface area (Å²) in [5.74, 6) is 0.419. The van der Waals surface area contributed by atoms with Crippen LogP contribution in [0.2, 0.25) is 0 Å². The number of nitrogens with one attached hydrogen (secondary N) is 1. The van der Waals surface area contributed by atoms with Crippen LogP contribution < -0.4 is 10.1 Å². The number of carbonyl (C=O) groups is 1. The van der Waals surface area contributed by atoms with Crippen LogP contribution in [0, 0.1) is 6.92 Å². The summed E-state index contributed by atoms with van der Waals surface area (Å²) >= 11 is 0. The molecule has 6 heteroatoms. The normalized spacial score (nSPS) is 20.5. The quantitative estimate of drug-likeness (QED) is 0.937. The van der Waals surface area contributed by atoms with E-state index >= 15 is 0 Å². The lowest BCUT2D eigenvalue weighted by Crippen LogP contribution is -2.37. The third-order valence-electron chi connectivity index (χ3n) is 4.34. The van der Waals surface area contributed by atoms with Gasteiger partial charge in [0.1, 0.15) is 11.9 Å². The number of hydrogen-bond donors (Lipinski definition) is 1. The molecule has 1 aromatic carbocycles. The van der Waals surface area contributed by atoms with Crippen LogP contribution in [0.15, 0.2) is 30.5 Å². The Kier molecular flexibility index (Phi) is 4.34. The molecule has 1 amide bonds. The third kappa shape index (κ3) is 2.94. The number of benzene rings is 1. The maximum atomic E-state index is 12.6. The van der Waals surface area contributed by atoms with E-state index < -0.39 is 0 Å². The van der Waals surface area contributed by atoms with Gasteiger partial charge in [-0.3, -0.25) is 9.48 Å². The number of rotatable bonds is 4. The van der Waals surface area contributed by atoms with Gasteiger partial charge in [0.25, 0.3) is 5.91 Å². The van der Waals surface area contributed by atoms with Gasteiger partial charge in [-0.1, -0.05) is 12.1 Å². The summed E-state index contributed by atoms with van der Waals surface area (Å²) in [4.78, 5) is 12.6. The zero-order chi connectivity index (χ0) is 16.4. The molecule has 2 heterocycles. The molecule has 2 atom stereocenters. The lowest BCUT2D eigenvalue weighted by atomic mass is 10.0. The summed E-state index contributed by atoms with van der Waals surface area (Å²) in [7, 11) is 3.46. The van der Waals surface area contributed by atoms with E-state index in [0.29, 0.717) is 17.9 Å². The highest BCUT2D eigenvalue weighted by Crippen LogP contribution is 2.31. The number of methoxy groups -OCH3 is 1. The molecule has 0 radical (unpaired) electrons. The van der Waals surface area contributed by atoms with Gasteiger partial charge >= 0.3 is 0 Å². The van der Waals surface area contributed by atoms with E-state index in [4.69, 9.17) is 9.47 Å². The Labute approximate surface area is 135 Å². The van der Waals surface area contributed by atoms with Crippen molar-refractivity contribution in [3.63, 3.8) is 0 Å². The molecule has 0 spiro atoms. The second-order valence-corrected chi connectivity index (χ2v) is 5.67. The van der Waals surface area contributed by atoms with Crippen molar-refractivity contribution >= 4 is 5.91 Å². The standard InChI is InChI=1S/C17H21N3O3/c1-11-13(10-18-20(11)2)16-14(8-9-23-16)19-17(21)12-6-4-5-7-15(12)22-3/h4-7,10,14,16H,8-9H2,1-3H3,(H,19,21)/t14-,16+/m0/s1. The largest absolute Gasteiger partial charge is 0.496 e. The van der Waals surface area contributed by atoms with Gasteiger partial charge in [-0.2, -0.15) is 5.10 Å². The molecular weight excluding hydrogens is 294 g/mol. The summed E-state index contributed by atoms with van der Waals surface area (Å²) < 4.78 is 12.9. The zero-order valence-corrected chi connectivity index (χ0v) is 13.6. The molecule has 0 saturated carbocycles. The summed E-state index contributed by atoms with van der Waals surface area (Å²) in [5, 5.41) is 7.34. The molecule has 23 heavy (non-hydrogen) atoms. The molecule has 1 N–H and O–H groups in total. The van der Waals surface area contributed by atoms with Crippen molar-refractivity contribution < 1.29 is 14.3 Å². The molecule has 1 aliphatic heterocycles. The van der Waals surface area contributed by atoms with Gasteiger partial charge < -0.3 is 14.8 Å². The van der Waals surface area contributed by atoms with E-state index in [0.717, 1.165) is 17.7 Å². The Morgan fingerprint density at radius 3 is 2.91 bits per heavy atom. The van der Waals surface area contributed by atoms with Gasteiger partial charge in [0.05, 0.1) is 24.9 Å². The lowest BCUT2D eigenvalue weighted by Gasteiger charge is -2.20. The first-order valence-electron chi connectivity index (χ1n) is 7.65. The van der Waals surface area contributed by atoms with Crippen molar-refractivity contribution in [3.8, 4) is 5.75 Å². The second kappa shape index (κ2) is 6.42. The number of ether oxygens (including phenoxy) is 2. The van der Waals surface area contributed by atoms with Gasteiger partial charge in [-0.05, 0) is 25.5 Å². The maximum absolute atomic E-state index is 12.6. The SMILES string of the molecule is COc1ccccc1C(=O)N[C@H]1CCO[C@@H]1c1cnn(C)c1C. The van der Waals surface area contributed by atoms with Gasteiger partial charge in [0.2, 0.25) is 0 Å². The van der Waals surface area contributed by atoms with Crippen molar-refractivity contribution in [1.82, 2.24) is 15.1 Å². The van der Waals surface area contributed by atoms with Gasteiger partial charge in [0.15, 0.2) is 0 Å². The van der Waals surface area contributed by atoms with E-state index in [1.807, 2.05) is 37.0 Å². The molecule has 0 aliphatic carbocycles. The smallest absolute Gasteiger partial charge is 0.255 e. The molecule has 1 fully saturated rings. The summed E-state index contributed by atoms with van der Waals surface area (Å²) in [6, 6.07) is 7.13. The monoisotopic (exact) mass is 315 g/mol. The van der Waals surface area contributed by atoms with Gasteiger partial charge in [-0.15, -0.1) is 0 Å². The van der Waals surface area contributed by atoms with E-state index in [9.17, 15) is 4.79 Å². The zero-order valence-electron chi connectivity index (χ0n) is 13.6. The number of nitrogens with zero attached hydrogens (tertiary/aromatic N) is 2. The first kappa shape index (κ1) is 15.6. The van der Waals surface area contributed by atoms with Crippen LogP contribution in [-0.4, -0.2) is 35.4 Å². The minimum Gasteiger partial charge on any atom is -0.496 e. The summed E-state index contributed by atoms with van der Waals surface area (Å²) in [5.41, 5.74) is 2.60. The first-order chi connectivity index (χ1) is 11.1. The molecule has 1 saturated heterocycles. The second-order valence-electron chi connectivity index (χ2n) is 5.67. The predicted octanol–water partition coefficient (Wildman–Crippen LogP) is 2.00. The van der Waals surface area contributed by atoms with E-state index in [2.05, 4.69) is 10.4 Å². The molecule has 122 valence electrons. The van der Waals surface area contributed by atoms with Crippen LogP contribution in [0.1, 0.15) is 34.1 Å². The minimum absolute atomic E-state index is 0.0738. The highest BCUT2D eigenvalue weighted by molar-refractivity contribution is 5.97. The molecule has 1 aromatic heterocycles. The van der Waals surface area contributed by atoms with Gasteiger partial charge in [-0.25, -0.2) is 0 Å². The van der Waals surface area contributed by atoms with E-state index in [1.165, 1.54) is 0 Å². The molecule has 1 aliphatic rings. The first-order valence-corrected chi connectivity index (χ1v) is 7.65. The molecular formula is C17H21N3O3. The Balaban J connectivity index is 1.79. The number of hydrogen-bond acceptors (Lipinski definition) is 4. The third-order valence-corrected chi connectivity index (χ3v) is 4.34. The van der Waals surface area contributed by atoms with E-state index in [1.54, 1.807) is 19.2 Å². The van der Waals surface area contributed by atoms with Gasteiger partial charge in [0, 0.05) is 24.9 Å². The Hall–Kier alpha value is -2.34. The Morgan fingerprint density at radius 1 is 1.43 bits per heavy atom. The average Bonchev–Trinajstić information content (AvgIpc) is 3.14. The molecule has 2 aromatic rings. The fourth-order valence-electron chi connectivity index (χ4n) is 2.92. The molecule has 6 nitrogen and oxygen atoms in total.